The van der Waals surface area contributed by atoms with Crippen molar-refractivity contribution in [3.8, 4) is 28.4 Å². The number of nitrogens with zero attached hydrogens (tertiary/aromatic N) is 1. The lowest BCUT2D eigenvalue weighted by Crippen LogP contribution is -2.52. The molecule has 5 atom stereocenters. The molecule has 2 heterocycles. The van der Waals surface area contributed by atoms with Crippen LogP contribution in [-0.4, -0.2) is 27.3 Å². The van der Waals surface area contributed by atoms with Gasteiger partial charge in [-0.05, 0) is 138 Å². The van der Waals surface area contributed by atoms with Crippen LogP contribution in [0, 0.1) is 17.3 Å². The molecule has 4 nitrogen and oxygen atoms in total. The fourth-order valence-electron chi connectivity index (χ4n) is 11.6. The number of rotatable bonds is 5. The largest absolute Gasteiger partial charge is 0.497 e. The second kappa shape index (κ2) is 10.2. The number of hydrogen-bond acceptors (Lipinski definition) is 4. The van der Waals surface area contributed by atoms with Gasteiger partial charge in [0, 0.05) is 46.3 Å². The van der Waals surface area contributed by atoms with Gasteiger partial charge in [-0.2, -0.15) is 0 Å². The van der Waals surface area contributed by atoms with Gasteiger partial charge in [-0.3, -0.25) is 0 Å². The minimum absolute atomic E-state index is 0.0286. The molecule has 0 amide bonds. The van der Waals surface area contributed by atoms with E-state index in [1.165, 1.54) is 83.8 Å². The predicted octanol–water partition coefficient (Wildman–Crippen LogP) is 10.3. The molecule has 5 aromatic rings. The summed E-state index contributed by atoms with van der Waals surface area (Å²) in [6, 6.07) is 33.5. The van der Waals surface area contributed by atoms with E-state index >= 15 is 0 Å². The van der Waals surface area contributed by atoms with Gasteiger partial charge < -0.3 is 19.1 Å². The van der Waals surface area contributed by atoms with Gasteiger partial charge in [-0.15, -0.1) is 0 Å². The highest BCUT2D eigenvalue weighted by Gasteiger charge is 2.78. The van der Waals surface area contributed by atoms with Crippen molar-refractivity contribution in [3.63, 3.8) is 0 Å². The molecule has 0 N–H and O–H groups in total. The van der Waals surface area contributed by atoms with Gasteiger partial charge in [0.05, 0.1) is 14.2 Å². The van der Waals surface area contributed by atoms with Crippen molar-refractivity contribution in [1.29, 1.82) is 0 Å². The molecule has 4 fully saturated rings. The summed E-state index contributed by atoms with van der Waals surface area (Å²) in [5.74, 6) is 4.32. The third-order valence-corrected chi connectivity index (χ3v) is 13.9. The van der Waals surface area contributed by atoms with E-state index in [1.807, 2.05) is 0 Å². The molecule has 2 aliphatic heterocycles. The Labute approximate surface area is 294 Å². The van der Waals surface area contributed by atoms with E-state index in [0.29, 0.717) is 11.3 Å². The molecule has 5 unspecified atom stereocenters. The first kappa shape index (κ1) is 29.1. The highest BCUT2D eigenvalue weighted by atomic mass is 16.5. The SMILES string of the molecule is COc1ccc2c(c1)C1(CC34CC3CCC14)c1c3c(c4cc(OC)ccc4c1-2)OC(c1ccccc1)(c1ccc(N2CCCCC2)cc1)C=C3. The topological polar surface area (TPSA) is 30.9 Å². The van der Waals surface area contributed by atoms with Gasteiger partial charge in [0.2, 0.25) is 0 Å². The average Bonchev–Trinajstić information content (AvgIpc) is 3.72. The lowest BCUT2D eigenvalue weighted by atomic mass is 9.47. The van der Waals surface area contributed by atoms with Crippen molar-refractivity contribution in [3.05, 3.63) is 125 Å². The third kappa shape index (κ3) is 3.62. The number of fused-ring (bicyclic) bond motifs is 11. The zero-order valence-electron chi connectivity index (χ0n) is 29.0. The summed E-state index contributed by atoms with van der Waals surface area (Å²) in [5, 5.41) is 2.35. The Kier molecular flexibility index (Phi) is 5.92. The zero-order chi connectivity index (χ0) is 33.2. The number of piperidine rings is 1. The average molecular weight is 658 g/mol. The lowest BCUT2D eigenvalue weighted by molar-refractivity contribution is 0.0537. The van der Waals surface area contributed by atoms with Crippen LogP contribution in [0.3, 0.4) is 0 Å². The number of hydrogen-bond donors (Lipinski definition) is 0. The maximum absolute atomic E-state index is 7.69. The standard InChI is InChI=1S/C46H43NO3/c1-48-33-16-18-35-38(25-33)43-37(42-41(35)36-19-17-34(49-2)26-39(36)45(42)28-44-27-31(44)13-20-40(44)45)21-22-46(50-43,29-9-5-3-6-10-29)30-11-14-32(15-12-30)47-23-7-4-8-24-47/h3,5-6,9-12,14-19,21-22,25-26,31,40H,4,7-8,13,20,23-24,27-28H2,1-2H3. The molecule has 0 radical (unpaired) electrons. The first-order valence-corrected chi connectivity index (χ1v) is 18.8. The Bertz CT molecular complexity index is 2230. The van der Waals surface area contributed by atoms with Gasteiger partial charge in [-0.1, -0.05) is 54.6 Å². The maximum Gasteiger partial charge on any atom is 0.178 e. The summed E-state index contributed by atoms with van der Waals surface area (Å²) in [6.07, 6.45) is 13.9. The molecule has 11 rings (SSSR count). The highest BCUT2D eigenvalue weighted by molar-refractivity contribution is 6.09. The first-order chi connectivity index (χ1) is 24.6. The second-order valence-electron chi connectivity index (χ2n) is 15.9. The molecule has 3 saturated carbocycles. The minimum atomic E-state index is -0.781. The maximum atomic E-state index is 7.69. The monoisotopic (exact) mass is 657 g/mol. The van der Waals surface area contributed by atoms with E-state index in [2.05, 4.69) is 108 Å². The van der Waals surface area contributed by atoms with Crippen LogP contribution in [0.1, 0.15) is 72.8 Å². The van der Waals surface area contributed by atoms with Crippen LogP contribution in [0.15, 0.2) is 97.1 Å². The number of methoxy groups -OCH3 is 2. The van der Waals surface area contributed by atoms with Crippen LogP contribution >= 0.6 is 0 Å². The number of benzene rings is 5. The molecule has 1 saturated heterocycles. The van der Waals surface area contributed by atoms with Crippen molar-refractivity contribution in [2.75, 3.05) is 32.2 Å². The van der Waals surface area contributed by atoms with Crippen LogP contribution in [0.2, 0.25) is 0 Å². The Hall–Kier alpha value is -4.70. The van der Waals surface area contributed by atoms with Gasteiger partial charge >= 0.3 is 0 Å². The van der Waals surface area contributed by atoms with E-state index in [-0.39, 0.29) is 5.41 Å². The van der Waals surface area contributed by atoms with Crippen molar-refractivity contribution in [2.45, 2.75) is 56.0 Å². The van der Waals surface area contributed by atoms with Gasteiger partial charge in [0.1, 0.15) is 17.2 Å². The fourth-order valence-corrected chi connectivity index (χ4v) is 11.6. The molecule has 0 aromatic heterocycles. The lowest BCUT2D eigenvalue weighted by Gasteiger charge is -2.55. The normalized spacial score (nSPS) is 29.4. The van der Waals surface area contributed by atoms with E-state index in [0.717, 1.165) is 52.8 Å². The van der Waals surface area contributed by atoms with Crippen LogP contribution < -0.4 is 19.1 Å². The number of ether oxygens (including phenoxy) is 3. The fraction of sp³-hybridized carbons (Fsp3) is 0.348. The first-order valence-electron chi connectivity index (χ1n) is 18.8. The molecular formula is C46H43NO3. The van der Waals surface area contributed by atoms with E-state index in [9.17, 15) is 0 Å². The van der Waals surface area contributed by atoms with E-state index in [1.54, 1.807) is 14.2 Å². The Morgan fingerprint density at radius 1 is 0.760 bits per heavy atom. The summed E-state index contributed by atoms with van der Waals surface area (Å²) in [6.45, 7) is 2.26. The Balaban J connectivity index is 1.16. The van der Waals surface area contributed by atoms with Crippen molar-refractivity contribution < 1.29 is 14.2 Å². The van der Waals surface area contributed by atoms with Crippen LogP contribution in [-0.2, 0) is 11.0 Å². The van der Waals surface area contributed by atoms with Crippen molar-refractivity contribution in [2.24, 2.45) is 17.3 Å². The van der Waals surface area contributed by atoms with E-state index in [4.69, 9.17) is 14.2 Å². The molecule has 250 valence electrons. The van der Waals surface area contributed by atoms with Crippen LogP contribution in [0.25, 0.3) is 28.0 Å². The summed E-state index contributed by atoms with van der Waals surface area (Å²) < 4.78 is 19.5. The molecule has 4 aliphatic carbocycles. The summed E-state index contributed by atoms with van der Waals surface area (Å²) in [4.78, 5) is 2.53. The molecule has 5 aromatic carbocycles. The van der Waals surface area contributed by atoms with Crippen LogP contribution in [0.4, 0.5) is 5.69 Å². The molecule has 2 spiro atoms. The van der Waals surface area contributed by atoms with Crippen molar-refractivity contribution >= 4 is 22.5 Å². The van der Waals surface area contributed by atoms with Gasteiger partial charge in [0.15, 0.2) is 5.60 Å². The molecular weight excluding hydrogens is 615 g/mol. The van der Waals surface area contributed by atoms with Gasteiger partial charge in [0.25, 0.3) is 0 Å². The quantitative estimate of drug-likeness (QED) is 0.188. The third-order valence-electron chi connectivity index (χ3n) is 13.9. The smallest absolute Gasteiger partial charge is 0.178 e. The second-order valence-corrected chi connectivity index (χ2v) is 15.9. The summed E-state index contributed by atoms with van der Waals surface area (Å²) in [7, 11) is 3.56. The van der Waals surface area contributed by atoms with Gasteiger partial charge in [-0.25, -0.2) is 0 Å². The predicted molar refractivity (Wildman–Crippen MR) is 201 cm³/mol. The molecule has 6 aliphatic rings. The minimum Gasteiger partial charge on any atom is -0.497 e. The zero-order valence-corrected chi connectivity index (χ0v) is 29.0. The molecule has 4 heteroatoms. The Morgan fingerprint density at radius 2 is 1.52 bits per heavy atom. The van der Waals surface area contributed by atoms with E-state index < -0.39 is 5.60 Å². The van der Waals surface area contributed by atoms with Crippen LogP contribution in [0.5, 0.6) is 17.2 Å². The molecule has 0 bridgehead atoms. The summed E-state index contributed by atoms with van der Waals surface area (Å²) in [5.41, 5.74) is 10.2. The van der Waals surface area contributed by atoms with Crippen molar-refractivity contribution in [1.82, 2.24) is 0 Å². The Morgan fingerprint density at radius 3 is 2.28 bits per heavy atom. The summed E-state index contributed by atoms with van der Waals surface area (Å²) >= 11 is 0. The number of anilines is 1. The molecule has 50 heavy (non-hydrogen) atoms. The highest BCUT2D eigenvalue weighted by Crippen LogP contribution is 2.85.